The summed E-state index contributed by atoms with van der Waals surface area (Å²) in [6, 6.07) is 18.4. The van der Waals surface area contributed by atoms with E-state index in [2.05, 4.69) is 10.6 Å². The topological polar surface area (TPSA) is 114 Å². The minimum absolute atomic E-state index is 0.0391. The summed E-state index contributed by atoms with van der Waals surface area (Å²) >= 11 is 0. The molecule has 0 spiro atoms. The number of aryl methyl sites for hydroxylation is 1. The van der Waals surface area contributed by atoms with Crippen LogP contribution in [0.15, 0.2) is 71.6 Å². The molecule has 1 heterocycles. The number of anilines is 2. The molecule has 3 aromatic rings. The van der Waals surface area contributed by atoms with E-state index in [1.54, 1.807) is 30.3 Å². The van der Waals surface area contributed by atoms with E-state index >= 15 is 0 Å². The van der Waals surface area contributed by atoms with Gasteiger partial charge in [-0.1, -0.05) is 18.2 Å². The minimum atomic E-state index is -3.73. The molecule has 0 aromatic heterocycles. The van der Waals surface area contributed by atoms with Crippen LogP contribution in [0.3, 0.4) is 0 Å². The maximum absolute atomic E-state index is 13.3. The van der Waals surface area contributed by atoms with Gasteiger partial charge < -0.3 is 20.1 Å². The molecule has 0 fully saturated rings. The van der Waals surface area contributed by atoms with Crippen molar-refractivity contribution in [3.05, 3.63) is 77.9 Å². The van der Waals surface area contributed by atoms with Crippen LogP contribution in [-0.4, -0.2) is 47.5 Å². The number of nitrogens with zero attached hydrogens (tertiary/aromatic N) is 1. The van der Waals surface area contributed by atoms with Gasteiger partial charge in [0.15, 0.2) is 0 Å². The first-order valence-electron chi connectivity index (χ1n) is 11.8. The third-order valence-electron chi connectivity index (χ3n) is 6.04. The lowest BCUT2D eigenvalue weighted by Crippen LogP contribution is -2.35. The summed E-state index contributed by atoms with van der Waals surface area (Å²) < 4.78 is 38.3. The quantitative estimate of drug-likeness (QED) is 0.443. The summed E-state index contributed by atoms with van der Waals surface area (Å²) in [6.45, 7) is 0.539. The molecule has 2 amide bonds. The van der Waals surface area contributed by atoms with E-state index in [4.69, 9.17) is 9.47 Å². The van der Waals surface area contributed by atoms with Crippen molar-refractivity contribution in [3.8, 4) is 11.5 Å². The zero-order chi connectivity index (χ0) is 26.4. The van der Waals surface area contributed by atoms with Gasteiger partial charge in [-0.2, -0.15) is 0 Å². The van der Waals surface area contributed by atoms with Crippen LogP contribution in [0, 0.1) is 0 Å². The molecule has 37 heavy (non-hydrogen) atoms. The molecule has 0 saturated carbocycles. The summed E-state index contributed by atoms with van der Waals surface area (Å²) in [5.74, 6) is 0.289. The van der Waals surface area contributed by atoms with E-state index in [1.165, 1.54) is 30.7 Å². The van der Waals surface area contributed by atoms with Gasteiger partial charge in [-0.25, -0.2) is 8.42 Å². The maximum Gasteiger partial charge on any atom is 0.264 e. The van der Waals surface area contributed by atoms with Crippen molar-refractivity contribution in [2.24, 2.45) is 0 Å². The Balaban J connectivity index is 1.33. The number of rotatable bonds is 9. The lowest BCUT2D eigenvalue weighted by Gasteiger charge is -2.30. The highest BCUT2D eigenvalue weighted by atomic mass is 32.2. The van der Waals surface area contributed by atoms with E-state index in [-0.39, 0.29) is 29.7 Å². The average Bonchev–Trinajstić information content (AvgIpc) is 2.92. The zero-order valence-electron chi connectivity index (χ0n) is 20.7. The van der Waals surface area contributed by atoms with E-state index in [9.17, 15) is 18.0 Å². The van der Waals surface area contributed by atoms with Crippen LogP contribution in [0.25, 0.3) is 0 Å². The van der Waals surface area contributed by atoms with Crippen molar-refractivity contribution in [1.82, 2.24) is 5.32 Å². The summed E-state index contributed by atoms with van der Waals surface area (Å²) in [4.78, 5) is 25.0. The molecule has 0 atom stereocenters. The first kappa shape index (κ1) is 26.0. The number of sulfonamides is 1. The standard InChI is InChI=1S/C27H29N3O6S/c1-35-22-16-20(17-23(18-22)36-2)27(32)28-14-13-26(31)29-21-9-11-24(12-10-21)37(33,34)30-15-5-7-19-6-3-4-8-25(19)30/h3-4,6,8-12,16-18H,5,7,13-15H2,1-2H3,(H,28,32)(H,29,31). The van der Waals surface area contributed by atoms with Gasteiger partial charge >= 0.3 is 0 Å². The van der Waals surface area contributed by atoms with Gasteiger partial charge in [0.2, 0.25) is 5.91 Å². The highest BCUT2D eigenvalue weighted by Gasteiger charge is 2.28. The fraction of sp³-hybridized carbons (Fsp3) is 0.259. The third-order valence-corrected chi connectivity index (χ3v) is 7.87. The zero-order valence-corrected chi connectivity index (χ0v) is 21.5. The van der Waals surface area contributed by atoms with Gasteiger partial charge in [-0.05, 0) is 60.9 Å². The molecule has 1 aliphatic rings. The number of carbonyl (C=O) groups is 2. The average molecular weight is 524 g/mol. The number of fused-ring (bicyclic) bond motifs is 1. The second kappa shape index (κ2) is 11.3. The Morgan fingerprint density at radius 1 is 0.946 bits per heavy atom. The predicted molar refractivity (Wildman–Crippen MR) is 141 cm³/mol. The van der Waals surface area contributed by atoms with Crippen LogP contribution in [0.2, 0.25) is 0 Å². The largest absolute Gasteiger partial charge is 0.497 e. The van der Waals surface area contributed by atoms with E-state index in [0.29, 0.717) is 35.0 Å². The summed E-state index contributed by atoms with van der Waals surface area (Å²) in [6.07, 6.45) is 1.64. The Morgan fingerprint density at radius 3 is 2.30 bits per heavy atom. The fourth-order valence-corrected chi connectivity index (χ4v) is 5.68. The number of benzene rings is 3. The van der Waals surface area contributed by atoms with Gasteiger partial charge in [-0.3, -0.25) is 13.9 Å². The van der Waals surface area contributed by atoms with Crippen molar-refractivity contribution in [2.45, 2.75) is 24.2 Å². The molecule has 2 N–H and O–H groups in total. The fourth-order valence-electron chi connectivity index (χ4n) is 4.14. The summed E-state index contributed by atoms with van der Waals surface area (Å²) in [5, 5.41) is 5.42. The van der Waals surface area contributed by atoms with Crippen LogP contribution in [-0.2, 0) is 21.2 Å². The number of hydrogen-bond acceptors (Lipinski definition) is 6. The number of nitrogens with one attached hydrogen (secondary N) is 2. The normalized spacial score (nSPS) is 12.9. The van der Waals surface area contributed by atoms with Crippen LogP contribution in [0.5, 0.6) is 11.5 Å². The molecular weight excluding hydrogens is 494 g/mol. The molecule has 0 radical (unpaired) electrons. The molecule has 9 nitrogen and oxygen atoms in total. The van der Waals surface area contributed by atoms with Crippen molar-refractivity contribution in [1.29, 1.82) is 0 Å². The molecule has 0 bridgehead atoms. The second-order valence-electron chi connectivity index (χ2n) is 8.49. The molecule has 4 rings (SSSR count). The molecule has 0 unspecified atom stereocenters. The number of carbonyl (C=O) groups excluding carboxylic acids is 2. The number of methoxy groups -OCH3 is 2. The van der Waals surface area contributed by atoms with E-state index < -0.39 is 10.0 Å². The number of amides is 2. The second-order valence-corrected chi connectivity index (χ2v) is 10.4. The van der Waals surface area contributed by atoms with Gasteiger partial charge in [0.1, 0.15) is 11.5 Å². The first-order valence-corrected chi connectivity index (χ1v) is 13.3. The molecule has 1 aliphatic heterocycles. The highest BCUT2D eigenvalue weighted by Crippen LogP contribution is 2.32. The smallest absolute Gasteiger partial charge is 0.264 e. The van der Waals surface area contributed by atoms with E-state index in [1.807, 2.05) is 24.3 Å². The Hall–Kier alpha value is -4.05. The van der Waals surface area contributed by atoms with Crippen LogP contribution in [0.1, 0.15) is 28.8 Å². The molecule has 0 aliphatic carbocycles. The van der Waals surface area contributed by atoms with Crippen molar-refractivity contribution >= 4 is 33.2 Å². The number of para-hydroxylation sites is 1. The Bertz CT molecular complexity index is 1370. The molecular formula is C27H29N3O6S. The Morgan fingerprint density at radius 2 is 1.62 bits per heavy atom. The molecule has 194 valence electrons. The number of ether oxygens (including phenoxy) is 2. The number of hydrogen-bond donors (Lipinski definition) is 2. The van der Waals surface area contributed by atoms with Crippen molar-refractivity contribution in [2.75, 3.05) is 36.9 Å². The van der Waals surface area contributed by atoms with Gasteiger partial charge in [0, 0.05) is 36.8 Å². The molecule has 0 saturated heterocycles. The molecule has 3 aromatic carbocycles. The van der Waals surface area contributed by atoms with Crippen LogP contribution >= 0.6 is 0 Å². The van der Waals surface area contributed by atoms with Crippen LogP contribution < -0.4 is 24.4 Å². The van der Waals surface area contributed by atoms with Gasteiger partial charge in [0.05, 0.1) is 24.8 Å². The Labute approximate surface area is 216 Å². The third kappa shape index (κ3) is 6.03. The minimum Gasteiger partial charge on any atom is -0.497 e. The highest BCUT2D eigenvalue weighted by molar-refractivity contribution is 7.92. The SMILES string of the molecule is COc1cc(OC)cc(C(=O)NCCC(=O)Nc2ccc(S(=O)(=O)N3CCCc4ccccc43)cc2)c1. The lowest BCUT2D eigenvalue weighted by molar-refractivity contribution is -0.116. The van der Waals surface area contributed by atoms with Crippen LogP contribution in [0.4, 0.5) is 11.4 Å². The Kier molecular flexibility index (Phi) is 7.98. The molecule has 10 heteroatoms. The predicted octanol–water partition coefficient (Wildman–Crippen LogP) is 3.60. The van der Waals surface area contributed by atoms with E-state index in [0.717, 1.165) is 18.4 Å². The first-order chi connectivity index (χ1) is 17.8. The van der Waals surface area contributed by atoms with Gasteiger partial charge in [-0.15, -0.1) is 0 Å². The van der Waals surface area contributed by atoms with Crippen molar-refractivity contribution in [3.63, 3.8) is 0 Å². The monoisotopic (exact) mass is 523 g/mol. The maximum atomic E-state index is 13.3. The summed E-state index contributed by atoms with van der Waals surface area (Å²) in [7, 11) is -0.735. The lowest BCUT2D eigenvalue weighted by atomic mass is 10.0. The van der Waals surface area contributed by atoms with Gasteiger partial charge in [0.25, 0.3) is 15.9 Å². The summed E-state index contributed by atoms with van der Waals surface area (Å²) in [5.41, 5.74) is 2.54. The van der Waals surface area contributed by atoms with Crippen molar-refractivity contribution < 1.29 is 27.5 Å².